The summed E-state index contributed by atoms with van der Waals surface area (Å²) in [6.45, 7) is 4.22. The summed E-state index contributed by atoms with van der Waals surface area (Å²) < 4.78 is 5.24. The van der Waals surface area contributed by atoms with Gasteiger partial charge < -0.3 is 10.1 Å². The topological polar surface area (TPSA) is 33.6 Å². The number of anilines is 1. The molecular weight excluding hydrogens is 232 g/mol. The van der Waals surface area contributed by atoms with Gasteiger partial charge in [-0.1, -0.05) is 18.7 Å². The molecule has 0 radical (unpaired) electrons. The van der Waals surface area contributed by atoms with E-state index in [0.29, 0.717) is 6.04 Å². The lowest BCUT2D eigenvalue weighted by Gasteiger charge is -2.09. The summed E-state index contributed by atoms with van der Waals surface area (Å²) in [6.07, 6.45) is 1.11. The molecule has 0 aliphatic carbocycles. The maximum Gasteiger partial charge on any atom is 0.161 e. The SMILES string of the molecule is CCC1CSC(Nc2ccc(OC)c(C)c2)=N1. The summed E-state index contributed by atoms with van der Waals surface area (Å²) in [4.78, 5) is 4.61. The predicted molar refractivity (Wildman–Crippen MR) is 75.3 cm³/mol. The number of aryl methyl sites for hydroxylation is 1. The Balaban J connectivity index is 2.07. The maximum absolute atomic E-state index is 5.24. The Morgan fingerprint density at radius 3 is 2.94 bits per heavy atom. The minimum absolute atomic E-state index is 0.474. The normalized spacial score (nSPS) is 19.0. The third kappa shape index (κ3) is 2.94. The highest BCUT2D eigenvalue weighted by molar-refractivity contribution is 8.14. The van der Waals surface area contributed by atoms with Crippen LogP contribution in [-0.4, -0.2) is 24.1 Å². The first-order chi connectivity index (χ1) is 8.22. The van der Waals surface area contributed by atoms with Gasteiger partial charge in [-0.3, -0.25) is 4.99 Å². The molecule has 1 N–H and O–H groups in total. The lowest BCUT2D eigenvalue weighted by molar-refractivity contribution is 0.412. The Kier molecular flexibility index (Phi) is 3.94. The molecule has 1 heterocycles. The van der Waals surface area contributed by atoms with Crippen molar-refractivity contribution in [2.75, 3.05) is 18.2 Å². The van der Waals surface area contributed by atoms with E-state index in [2.05, 4.69) is 23.3 Å². The van der Waals surface area contributed by atoms with Crippen LogP contribution in [-0.2, 0) is 0 Å². The zero-order chi connectivity index (χ0) is 12.3. The molecule has 1 aromatic carbocycles. The second-order valence-corrected chi connectivity index (χ2v) is 5.13. The monoisotopic (exact) mass is 250 g/mol. The van der Waals surface area contributed by atoms with Crippen molar-refractivity contribution >= 4 is 22.6 Å². The van der Waals surface area contributed by atoms with Gasteiger partial charge in [-0.2, -0.15) is 0 Å². The molecule has 1 aliphatic rings. The van der Waals surface area contributed by atoms with Crippen molar-refractivity contribution in [3.63, 3.8) is 0 Å². The third-order valence-electron chi connectivity index (χ3n) is 2.83. The molecule has 0 saturated carbocycles. The highest BCUT2D eigenvalue weighted by atomic mass is 32.2. The van der Waals surface area contributed by atoms with Crippen LogP contribution in [0.25, 0.3) is 0 Å². The molecule has 0 saturated heterocycles. The predicted octanol–water partition coefficient (Wildman–Crippen LogP) is 3.30. The Hall–Kier alpha value is -1.16. The van der Waals surface area contributed by atoms with Crippen LogP contribution in [0.1, 0.15) is 18.9 Å². The number of nitrogens with one attached hydrogen (secondary N) is 1. The molecule has 1 unspecified atom stereocenters. The minimum atomic E-state index is 0.474. The fourth-order valence-electron chi connectivity index (χ4n) is 1.77. The van der Waals surface area contributed by atoms with Crippen LogP contribution < -0.4 is 10.1 Å². The van der Waals surface area contributed by atoms with Crippen molar-refractivity contribution in [1.82, 2.24) is 0 Å². The average molecular weight is 250 g/mol. The fourth-order valence-corrected chi connectivity index (χ4v) is 2.85. The quantitative estimate of drug-likeness (QED) is 0.893. The van der Waals surface area contributed by atoms with Crippen LogP contribution in [0.3, 0.4) is 0 Å². The van der Waals surface area contributed by atoms with Crippen molar-refractivity contribution in [2.24, 2.45) is 4.99 Å². The highest BCUT2D eigenvalue weighted by Gasteiger charge is 2.16. The number of rotatable bonds is 3. The van der Waals surface area contributed by atoms with Gasteiger partial charge in [0.1, 0.15) is 5.75 Å². The van der Waals surface area contributed by atoms with Gasteiger partial charge in [-0.25, -0.2) is 0 Å². The Labute approximate surface area is 107 Å². The van der Waals surface area contributed by atoms with E-state index in [0.717, 1.165) is 34.3 Å². The maximum atomic E-state index is 5.24. The molecule has 0 amide bonds. The lowest BCUT2D eigenvalue weighted by Crippen LogP contribution is -2.05. The van der Waals surface area contributed by atoms with Crippen molar-refractivity contribution < 1.29 is 4.74 Å². The number of thioether (sulfide) groups is 1. The van der Waals surface area contributed by atoms with Gasteiger partial charge >= 0.3 is 0 Å². The first kappa shape index (κ1) is 12.3. The number of hydrogen-bond donors (Lipinski definition) is 1. The highest BCUT2D eigenvalue weighted by Crippen LogP contribution is 2.25. The zero-order valence-electron chi connectivity index (χ0n) is 10.5. The minimum Gasteiger partial charge on any atom is -0.496 e. The second-order valence-electron chi connectivity index (χ2n) is 4.12. The summed E-state index contributed by atoms with van der Waals surface area (Å²) in [6, 6.07) is 6.56. The number of benzene rings is 1. The van der Waals surface area contributed by atoms with E-state index in [4.69, 9.17) is 4.74 Å². The summed E-state index contributed by atoms with van der Waals surface area (Å²) in [7, 11) is 1.69. The van der Waals surface area contributed by atoms with E-state index in [1.54, 1.807) is 18.9 Å². The molecule has 1 aromatic rings. The molecule has 0 spiro atoms. The molecule has 1 aliphatic heterocycles. The number of methoxy groups -OCH3 is 1. The Morgan fingerprint density at radius 1 is 1.53 bits per heavy atom. The summed E-state index contributed by atoms with van der Waals surface area (Å²) >= 11 is 1.79. The largest absolute Gasteiger partial charge is 0.496 e. The fraction of sp³-hybridized carbons (Fsp3) is 0.462. The van der Waals surface area contributed by atoms with Crippen LogP contribution in [0.15, 0.2) is 23.2 Å². The Bertz CT molecular complexity index is 431. The molecule has 92 valence electrons. The van der Waals surface area contributed by atoms with E-state index in [9.17, 15) is 0 Å². The lowest BCUT2D eigenvalue weighted by atomic mass is 10.2. The van der Waals surface area contributed by atoms with Gasteiger partial charge in [0.25, 0.3) is 0 Å². The van der Waals surface area contributed by atoms with Crippen LogP contribution >= 0.6 is 11.8 Å². The molecule has 0 bridgehead atoms. The molecule has 17 heavy (non-hydrogen) atoms. The van der Waals surface area contributed by atoms with E-state index in [-0.39, 0.29) is 0 Å². The van der Waals surface area contributed by atoms with Gasteiger partial charge in [0, 0.05) is 11.4 Å². The molecule has 0 fully saturated rings. The average Bonchev–Trinajstić information content (AvgIpc) is 2.77. The summed E-state index contributed by atoms with van der Waals surface area (Å²) in [5.74, 6) is 2.01. The number of ether oxygens (including phenoxy) is 1. The van der Waals surface area contributed by atoms with Gasteiger partial charge in [0.15, 0.2) is 5.17 Å². The molecule has 1 atom stereocenters. The molecular formula is C13H18N2OS. The number of aliphatic imine (C=N–C) groups is 1. The second kappa shape index (κ2) is 5.45. The van der Waals surface area contributed by atoms with Crippen molar-refractivity contribution in [1.29, 1.82) is 0 Å². The van der Waals surface area contributed by atoms with Gasteiger partial charge in [0.05, 0.1) is 13.2 Å². The third-order valence-corrected chi connectivity index (χ3v) is 3.86. The van der Waals surface area contributed by atoms with Gasteiger partial charge in [-0.15, -0.1) is 0 Å². The summed E-state index contributed by atoms with van der Waals surface area (Å²) in [5, 5.41) is 4.38. The Morgan fingerprint density at radius 2 is 2.35 bits per heavy atom. The molecule has 0 aromatic heterocycles. The van der Waals surface area contributed by atoms with E-state index < -0.39 is 0 Å². The van der Waals surface area contributed by atoms with Crippen LogP contribution in [0.5, 0.6) is 5.75 Å². The van der Waals surface area contributed by atoms with Crippen molar-refractivity contribution in [3.8, 4) is 5.75 Å². The first-order valence-corrected chi connectivity index (χ1v) is 6.83. The summed E-state index contributed by atoms with van der Waals surface area (Å²) in [5.41, 5.74) is 2.21. The van der Waals surface area contributed by atoms with Crippen molar-refractivity contribution in [3.05, 3.63) is 23.8 Å². The smallest absolute Gasteiger partial charge is 0.161 e. The van der Waals surface area contributed by atoms with Crippen LogP contribution in [0, 0.1) is 6.92 Å². The number of hydrogen-bond acceptors (Lipinski definition) is 4. The van der Waals surface area contributed by atoms with Crippen LogP contribution in [0.2, 0.25) is 0 Å². The molecule has 2 rings (SSSR count). The first-order valence-electron chi connectivity index (χ1n) is 5.85. The van der Waals surface area contributed by atoms with E-state index in [1.807, 2.05) is 19.1 Å². The van der Waals surface area contributed by atoms with Crippen LogP contribution in [0.4, 0.5) is 5.69 Å². The van der Waals surface area contributed by atoms with Gasteiger partial charge in [0.2, 0.25) is 0 Å². The van der Waals surface area contributed by atoms with Crippen molar-refractivity contribution in [2.45, 2.75) is 26.3 Å². The van der Waals surface area contributed by atoms with Gasteiger partial charge in [-0.05, 0) is 37.1 Å². The van der Waals surface area contributed by atoms with E-state index >= 15 is 0 Å². The molecule has 3 nitrogen and oxygen atoms in total. The standard InChI is InChI=1S/C13H18N2OS/c1-4-10-8-17-13(14-10)15-11-5-6-12(16-3)9(2)7-11/h5-7,10H,4,8H2,1-3H3,(H,14,15). The van der Waals surface area contributed by atoms with E-state index in [1.165, 1.54) is 0 Å². The zero-order valence-corrected chi connectivity index (χ0v) is 11.3. The number of amidine groups is 1. The molecule has 4 heteroatoms. The number of nitrogens with zero attached hydrogens (tertiary/aromatic N) is 1.